The topological polar surface area (TPSA) is 12.0 Å². The van der Waals surface area contributed by atoms with E-state index in [2.05, 4.69) is 29.9 Å². The number of rotatable bonds is 4. The molecule has 1 aromatic heterocycles. The van der Waals surface area contributed by atoms with E-state index in [1.54, 1.807) is 4.88 Å². The van der Waals surface area contributed by atoms with Crippen LogP contribution in [-0.2, 0) is 6.42 Å². The highest BCUT2D eigenvalue weighted by molar-refractivity contribution is 7.09. The molecule has 0 aromatic carbocycles. The molecule has 1 fully saturated rings. The van der Waals surface area contributed by atoms with Gasteiger partial charge in [-0.25, -0.2) is 0 Å². The largest absolute Gasteiger partial charge is 0.317 e. The first-order valence-corrected chi connectivity index (χ1v) is 6.98. The smallest absolute Gasteiger partial charge is 0.00924 e. The standard InChI is InChI=1S/C13H21NS/c1-14-13-7-3-2-5-11(13)8-9-12-6-4-10-15-12/h4,6,10-11,13-14H,2-3,5,7-9H2,1H3. The summed E-state index contributed by atoms with van der Waals surface area (Å²) in [5.41, 5.74) is 0. The predicted molar refractivity (Wildman–Crippen MR) is 67.4 cm³/mol. The minimum absolute atomic E-state index is 0.777. The molecule has 1 aromatic rings. The van der Waals surface area contributed by atoms with Crippen LogP contribution in [0.3, 0.4) is 0 Å². The van der Waals surface area contributed by atoms with E-state index < -0.39 is 0 Å². The second kappa shape index (κ2) is 5.66. The Kier molecular flexibility index (Phi) is 4.21. The van der Waals surface area contributed by atoms with Crippen molar-refractivity contribution in [1.82, 2.24) is 5.32 Å². The highest BCUT2D eigenvalue weighted by Gasteiger charge is 2.23. The Morgan fingerprint density at radius 1 is 1.40 bits per heavy atom. The van der Waals surface area contributed by atoms with Crippen LogP contribution in [-0.4, -0.2) is 13.1 Å². The van der Waals surface area contributed by atoms with Crippen molar-refractivity contribution in [3.05, 3.63) is 22.4 Å². The second-order valence-corrected chi connectivity index (χ2v) is 5.59. The Labute approximate surface area is 96.9 Å². The monoisotopic (exact) mass is 223 g/mol. The lowest BCUT2D eigenvalue weighted by Gasteiger charge is -2.31. The van der Waals surface area contributed by atoms with E-state index in [0.717, 1.165) is 12.0 Å². The molecule has 84 valence electrons. The van der Waals surface area contributed by atoms with Crippen LogP contribution in [0.15, 0.2) is 17.5 Å². The summed E-state index contributed by atoms with van der Waals surface area (Å²) in [6, 6.07) is 5.21. The minimum Gasteiger partial charge on any atom is -0.317 e. The Bertz CT molecular complexity index is 268. The molecular formula is C13H21NS. The summed E-state index contributed by atoms with van der Waals surface area (Å²) in [4.78, 5) is 1.55. The van der Waals surface area contributed by atoms with Crippen molar-refractivity contribution >= 4 is 11.3 Å². The van der Waals surface area contributed by atoms with Gasteiger partial charge in [0, 0.05) is 10.9 Å². The lowest BCUT2D eigenvalue weighted by atomic mass is 9.81. The summed E-state index contributed by atoms with van der Waals surface area (Å²) < 4.78 is 0. The lowest BCUT2D eigenvalue weighted by Crippen LogP contribution is -2.36. The molecule has 2 unspecified atom stereocenters. The Morgan fingerprint density at radius 2 is 2.27 bits per heavy atom. The molecule has 1 nitrogen and oxygen atoms in total. The average molecular weight is 223 g/mol. The third kappa shape index (κ3) is 3.05. The summed E-state index contributed by atoms with van der Waals surface area (Å²) in [5, 5.41) is 5.67. The van der Waals surface area contributed by atoms with Crippen LogP contribution in [0.1, 0.15) is 37.0 Å². The van der Waals surface area contributed by atoms with Crippen LogP contribution in [0.5, 0.6) is 0 Å². The van der Waals surface area contributed by atoms with Gasteiger partial charge >= 0.3 is 0 Å². The van der Waals surface area contributed by atoms with E-state index in [1.165, 1.54) is 38.5 Å². The van der Waals surface area contributed by atoms with Crippen LogP contribution in [0.4, 0.5) is 0 Å². The van der Waals surface area contributed by atoms with E-state index >= 15 is 0 Å². The number of hydrogen-bond acceptors (Lipinski definition) is 2. The van der Waals surface area contributed by atoms with Gasteiger partial charge in [-0.1, -0.05) is 18.9 Å². The fourth-order valence-electron chi connectivity index (χ4n) is 2.72. The first kappa shape index (κ1) is 11.2. The summed E-state index contributed by atoms with van der Waals surface area (Å²) in [7, 11) is 2.12. The molecule has 0 amide bonds. The van der Waals surface area contributed by atoms with Gasteiger partial charge in [-0.3, -0.25) is 0 Å². The van der Waals surface area contributed by atoms with Crippen LogP contribution < -0.4 is 5.32 Å². The van der Waals surface area contributed by atoms with Crippen LogP contribution in [0.2, 0.25) is 0 Å². The maximum atomic E-state index is 3.49. The van der Waals surface area contributed by atoms with E-state index in [1.807, 2.05) is 11.3 Å². The van der Waals surface area contributed by atoms with Crippen molar-refractivity contribution in [2.45, 2.75) is 44.6 Å². The summed E-state index contributed by atoms with van der Waals surface area (Å²) in [5.74, 6) is 0.908. The van der Waals surface area contributed by atoms with Gasteiger partial charge in [-0.05, 0) is 50.1 Å². The van der Waals surface area contributed by atoms with Gasteiger partial charge in [0.25, 0.3) is 0 Å². The van der Waals surface area contributed by atoms with Crippen LogP contribution >= 0.6 is 11.3 Å². The van der Waals surface area contributed by atoms with Crippen molar-refractivity contribution in [3.8, 4) is 0 Å². The minimum atomic E-state index is 0.777. The van der Waals surface area contributed by atoms with Crippen molar-refractivity contribution in [1.29, 1.82) is 0 Å². The van der Waals surface area contributed by atoms with Crippen LogP contribution in [0, 0.1) is 5.92 Å². The SMILES string of the molecule is CNC1CCCCC1CCc1cccs1. The first-order valence-electron chi connectivity index (χ1n) is 6.10. The van der Waals surface area contributed by atoms with Gasteiger partial charge in [-0.2, -0.15) is 0 Å². The molecule has 0 saturated heterocycles. The molecule has 2 heteroatoms. The molecule has 1 N–H and O–H groups in total. The van der Waals surface area contributed by atoms with Gasteiger partial charge in [0.05, 0.1) is 0 Å². The summed E-state index contributed by atoms with van der Waals surface area (Å²) in [6.45, 7) is 0. The van der Waals surface area contributed by atoms with E-state index in [4.69, 9.17) is 0 Å². The van der Waals surface area contributed by atoms with Crippen LogP contribution in [0.25, 0.3) is 0 Å². The van der Waals surface area contributed by atoms with Crippen molar-refractivity contribution < 1.29 is 0 Å². The van der Waals surface area contributed by atoms with E-state index in [0.29, 0.717) is 0 Å². The molecule has 0 aliphatic heterocycles. The Balaban J connectivity index is 1.81. The second-order valence-electron chi connectivity index (χ2n) is 4.56. The van der Waals surface area contributed by atoms with Gasteiger partial charge in [0.15, 0.2) is 0 Å². The predicted octanol–water partition coefficient (Wildman–Crippen LogP) is 3.46. The molecule has 1 aliphatic carbocycles. The fraction of sp³-hybridized carbons (Fsp3) is 0.692. The van der Waals surface area contributed by atoms with Crippen molar-refractivity contribution in [3.63, 3.8) is 0 Å². The summed E-state index contributed by atoms with van der Waals surface area (Å²) >= 11 is 1.90. The maximum absolute atomic E-state index is 3.49. The third-order valence-corrected chi connectivity index (χ3v) is 4.56. The number of nitrogens with one attached hydrogen (secondary N) is 1. The van der Waals surface area contributed by atoms with Crippen molar-refractivity contribution in [2.75, 3.05) is 7.05 Å². The molecule has 2 rings (SSSR count). The fourth-order valence-corrected chi connectivity index (χ4v) is 3.44. The lowest BCUT2D eigenvalue weighted by molar-refractivity contribution is 0.261. The normalized spacial score (nSPS) is 26.7. The molecular weight excluding hydrogens is 202 g/mol. The van der Waals surface area contributed by atoms with Gasteiger partial charge in [0.1, 0.15) is 0 Å². The summed E-state index contributed by atoms with van der Waals surface area (Å²) in [6.07, 6.45) is 8.31. The molecule has 0 radical (unpaired) electrons. The molecule has 1 saturated carbocycles. The molecule has 1 aliphatic rings. The molecule has 0 spiro atoms. The maximum Gasteiger partial charge on any atom is 0.00924 e. The van der Waals surface area contributed by atoms with Crippen molar-refractivity contribution in [2.24, 2.45) is 5.92 Å². The number of hydrogen-bond donors (Lipinski definition) is 1. The zero-order valence-corrected chi connectivity index (χ0v) is 10.4. The quantitative estimate of drug-likeness (QED) is 0.824. The molecule has 15 heavy (non-hydrogen) atoms. The van der Waals surface area contributed by atoms with Gasteiger partial charge < -0.3 is 5.32 Å². The molecule has 0 bridgehead atoms. The highest BCUT2D eigenvalue weighted by atomic mass is 32.1. The Hall–Kier alpha value is -0.340. The molecule has 2 atom stereocenters. The zero-order valence-electron chi connectivity index (χ0n) is 9.54. The highest BCUT2D eigenvalue weighted by Crippen LogP contribution is 2.28. The number of thiophene rings is 1. The van der Waals surface area contributed by atoms with Gasteiger partial charge in [-0.15, -0.1) is 11.3 Å². The van der Waals surface area contributed by atoms with E-state index in [-0.39, 0.29) is 0 Å². The Morgan fingerprint density at radius 3 is 3.00 bits per heavy atom. The number of aryl methyl sites for hydroxylation is 1. The zero-order chi connectivity index (χ0) is 10.5. The first-order chi connectivity index (χ1) is 7.40. The average Bonchev–Trinajstić information content (AvgIpc) is 2.79. The van der Waals surface area contributed by atoms with Gasteiger partial charge in [0.2, 0.25) is 0 Å². The molecule has 1 heterocycles. The third-order valence-electron chi connectivity index (χ3n) is 3.62. The van der Waals surface area contributed by atoms with E-state index in [9.17, 15) is 0 Å².